The summed E-state index contributed by atoms with van der Waals surface area (Å²) in [6.45, 7) is 4.57. The molecule has 0 N–H and O–H groups in total. The first kappa shape index (κ1) is 27.4. The molecule has 0 aromatic heterocycles. The first-order chi connectivity index (χ1) is 13.7. The highest BCUT2D eigenvalue weighted by Gasteiger charge is 2.10. The van der Waals surface area contributed by atoms with Gasteiger partial charge in [0.05, 0.1) is 0 Å². The van der Waals surface area contributed by atoms with Crippen molar-refractivity contribution in [3.05, 3.63) is 24.3 Å². The molecule has 1 heteroatoms. The third-order valence-electron chi connectivity index (χ3n) is 5.86. The number of allylic oxidation sites excluding steroid dienone is 4. The van der Waals surface area contributed by atoms with Gasteiger partial charge in [0.2, 0.25) is 0 Å². The highest BCUT2D eigenvalue weighted by atomic mass is 15.1. The van der Waals surface area contributed by atoms with Crippen LogP contribution in [0.3, 0.4) is 0 Å². The Balaban J connectivity index is 3.39. The highest BCUT2D eigenvalue weighted by molar-refractivity contribution is 4.92. The number of rotatable bonds is 21. The van der Waals surface area contributed by atoms with Gasteiger partial charge in [-0.15, -0.1) is 0 Å². The van der Waals surface area contributed by atoms with E-state index in [-0.39, 0.29) is 0 Å². The molecule has 28 heavy (non-hydrogen) atoms. The van der Waals surface area contributed by atoms with E-state index < -0.39 is 0 Å². The maximum atomic E-state index is 2.45. The second-order valence-electron chi connectivity index (χ2n) is 8.84. The van der Waals surface area contributed by atoms with Crippen LogP contribution in [0.15, 0.2) is 24.3 Å². The maximum Gasteiger partial charge on any atom is 0.00891 e. The SMILES string of the molecule is CCCCC/C=C\C/C=C\CCCCCCCCCC(CCCCC)N(C)C. The van der Waals surface area contributed by atoms with Gasteiger partial charge in [-0.3, -0.25) is 0 Å². The molecule has 0 amide bonds. The molecule has 0 saturated carbocycles. The summed E-state index contributed by atoms with van der Waals surface area (Å²) in [6, 6.07) is 0.810. The fraction of sp³-hybridized carbons (Fsp3) is 0.852. The summed E-state index contributed by atoms with van der Waals surface area (Å²) >= 11 is 0. The summed E-state index contributed by atoms with van der Waals surface area (Å²) in [7, 11) is 4.52. The number of hydrogen-bond acceptors (Lipinski definition) is 1. The standard InChI is InChI=1S/C27H53N/c1-5-7-9-10-11-12-13-14-15-16-17-18-19-20-21-22-24-26-27(28(3)4)25-23-8-6-2/h11-12,14-15,27H,5-10,13,16-26H2,1-4H3/b12-11-,15-14-. The van der Waals surface area contributed by atoms with Crippen molar-refractivity contribution in [1.82, 2.24) is 4.90 Å². The Hall–Kier alpha value is -0.560. The van der Waals surface area contributed by atoms with Crippen molar-refractivity contribution < 1.29 is 0 Å². The molecule has 0 aliphatic heterocycles. The molecule has 1 unspecified atom stereocenters. The van der Waals surface area contributed by atoms with Gasteiger partial charge in [-0.05, 0) is 59.0 Å². The van der Waals surface area contributed by atoms with Gasteiger partial charge in [0.25, 0.3) is 0 Å². The van der Waals surface area contributed by atoms with Crippen LogP contribution >= 0.6 is 0 Å². The fourth-order valence-electron chi connectivity index (χ4n) is 3.84. The first-order valence-corrected chi connectivity index (χ1v) is 12.7. The Morgan fingerprint density at radius 2 is 0.964 bits per heavy atom. The van der Waals surface area contributed by atoms with Gasteiger partial charge in [-0.25, -0.2) is 0 Å². The Labute approximate surface area is 179 Å². The van der Waals surface area contributed by atoms with Gasteiger partial charge >= 0.3 is 0 Å². The normalized spacial score (nSPS) is 13.3. The second-order valence-corrected chi connectivity index (χ2v) is 8.84. The monoisotopic (exact) mass is 391 g/mol. The molecule has 0 bridgehead atoms. The zero-order chi connectivity index (χ0) is 20.7. The van der Waals surface area contributed by atoms with E-state index in [1.54, 1.807) is 0 Å². The average molecular weight is 392 g/mol. The van der Waals surface area contributed by atoms with Crippen LogP contribution in [0.5, 0.6) is 0 Å². The van der Waals surface area contributed by atoms with E-state index >= 15 is 0 Å². The molecule has 0 radical (unpaired) electrons. The van der Waals surface area contributed by atoms with Crippen molar-refractivity contribution in [3.63, 3.8) is 0 Å². The zero-order valence-electron chi connectivity index (χ0n) is 20.1. The van der Waals surface area contributed by atoms with Crippen LogP contribution < -0.4 is 0 Å². The average Bonchev–Trinajstić information content (AvgIpc) is 2.68. The van der Waals surface area contributed by atoms with Crippen LogP contribution in [-0.4, -0.2) is 25.0 Å². The van der Waals surface area contributed by atoms with Gasteiger partial charge in [-0.1, -0.05) is 109 Å². The van der Waals surface area contributed by atoms with Crippen LogP contribution in [-0.2, 0) is 0 Å². The number of nitrogens with zero attached hydrogens (tertiary/aromatic N) is 1. The molecule has 0 heterocycles. The van der Waals surface area contributed by atoms with E-state index in [1.165, 1.54) is 109 Å². The molecule has 0 aliphatic carbocycles. The Morgan fingerprint density at radius 3 is 1.50 bits per heavy atom. The van der Waals surface area contributed by atoms with E-state index in [0.717, 1.165) is 12.5 Å². The minimum atomic E-state index is 0.810. The van der Waals surface area contributed by atoms with Crippen molar-refractivity contribution in [2.45, 2.75) is 135 Å². The number of unbranched alkanes of at least 4 members (excludes halogenated alkanes) is 12. The largest absolute Gasteiger partial charge is 0.306 e. The quantitative estimate of drug-likeness (QED) is 0.139. The van der Waals surface area contributed by atoms with Gasteiger partial charge in [0.15, 0.2) is 0 Å². The van der Waals surface area contributed by atoms with Crippen molar-refractivity contribution >= 4 is 0 Å². The fourth-order valence-corrected chi connectivity index (χ4v) is 3.84. The predicted molar refractivity (Wildman–Crippen MR) is 130 cm³/mol. The Kier molecular flexibility index (Phi) is 22.3. The summed E-state index contributed by atoms with van der Waals surface area (Å²) in [5.41, 5.74) is 0. The highest BCUT2D eigenvalue weighted by Crippen LogP contribution is 2.16. The lowest BCUT2D eigenvalue weighted by atomic mass is 10.00. The van der Waals surface area contributed by atoms with Crippen LogP contribution in [0.4, 0.5) is 0 Å². The van der Waals surface area contributed by atoms with E-state index in [2.05, 4.69) is 57.1 Å². The molecular formula is C27H53N. The molecule has 0 aromatic carbocycles. The van der Waals surface area contributed by atoms with E-state index in [1.807, 2.05) is 0 Å². The maximum absolute atomic E-state index is 2.45. The molecule has 1 nitrogen and oxygen atoms in total. The summed E-state index contributed by atoms with van der Waals surface area (Å²) < 4.78 is 0. The topological polar surface area (TPSA) is 3.24 Å². The predicted octanol–water partition coefficient (Wildman–Crippen LogP) is 9.09. The third kappa shape index (κ3) is 20.2. The van der Waals surface area contributed by atoms with E-state index in [4.69, 9.17) is 0 Å². The zero-order valence-corrected chi connectivity index (χ0v) is 20.1. The summed E-state index contributed by atoms with van der Waals surface area (Å²) in [4.78, 5) is 2.45. The minimum Gasteiger partial charge on any atom is -0.306 e. The van der Waals surface area contributed by atoms with Gasteiger partial charge in [0, 0.05) is 6.04 Å². The second kappa shape index (κ2) is 22.7. The Bertz CT molecular complexity index is 342. The van der Waals surface area contributed by atoms with Crippen LogP contribution in [0.1, 0.15) is 129 Å². The minimum absolute atomic E-state index is 0.810. The molecule has 1 atom stereocenters. The molecule has 0 saturated heterocycles. The van der Waals surface area contributed by atoms with Crippen molar-refractivity contribution in [3.8, 4) is 0 Å². The third-order valence-corrected chi connectivity index (χ3v) is 5.86. The Morgan fingerprint density at radius 1 is 0.536 bits per heavy atom. The van der Waals surface area contributed by atoms with Crippen molar-refractivity contribution in [2.75, 3.05) is 14.1 Å². The molecule has 0 rings (SSSR count). The lowest BCUT2D eigenvalue weighted by molar-refractivity contribution is 0.252. The lowest BCUT2D eigenvalue weighted by Gasteiger charge is -2.24. The molecule has 0 spiro atoms. The first-order valence-electron chi connectivity index (χ1n) is 12.7. The number of hydrogen-bond donors (Lipinski definition) is 0. The molecular weight excluding hydrogens is 338 g/mol. The van der Waals surface area contributed by atoms with Crippen LogP contribution in [0.25, 0.3) is 0 Å². The van der Waals surface area contributed by atoms with Gasteiger partial charge < -0.3 is 4.90 Å². The molecule has 166 valence electrons. The molecule has 0 aromatic rings. The van der Waals surface area contributed by atoms with Crippen molar-refractivity contribution in [2.24, 2.45) is 0 Å². The lowest BCUT2D eigenvalue weighted by Crippen LogP contribution is -2.27. The summed E-state index contributed by atoms with van der Waals surface area (Å²) in [5, 5.41) is 0. The summed E-state index contributed by atoms with van der Waals surface area (Å²) in [6.07, 6.45) is 34.0. The van der Waals surface area contributed by atoms with Gasteiger partial charge in [0.1, 0.15) is 0 Å². The smallest absolute Gasteiger partial charge is 0.00891 e. The molecule has 0 aliphatic rings. The van der Waals surface area contributed by atoms with Crippen LogP contribution in [0.2, 0.25) is 0 Å². The van der Waals surface area contributed by atoms with E-state index in [9.17, 15) is 0 Å². The van der Waals surface area contributed by atoms with Crippen molar-refractivity contribution in [1.29, 1.82) is 0 Å². The summed E-state index contributed by atoms with van der Waals surface area (Å²) in [5.74, 6) is 0. The van der Waals surface area contributed by atoms with E-state index in [0.29, 0.717) is 0 Å². The van der Waals surface area contributed by atoms with Gasteiger partial charge in [-0.2, -0.15) is 0 Å². The molecule has 0 fully saturated rings. The van der Waals surface area contributed by atoms with Crippen LogP contribution in [0, 0.1) is 0 Å².